The van der Waals surface area contributed by atoms with Crippen molar-refractivity contribution in [3.05, 3.63) is 29.8 Å². The van der Waals surface area contributed by atoms with Gasteiger partial charge < -0.3 is 10.1 Å². The summed E-state index contributed by atoms with van der Waals surface area (Å²) in [7, 11) is 0. The van der Waals surface area contributed by atoms with Crippen LogP contribution >= 0.6 is 0 Å². The molecule has 1 aliphatic rings. The highest BCUT2D eigenvalue weighted by Crippen LogP contribution is 2.22. The second-order valence-corrected chi connectivity index (χ2v) is 5.94. The van der Waals surface area contributed by atoms with E-state index in [9.17, 15) is 0 Å². The summed E-state index contributed by atoms with van der Waals surface area (Å²) < 4.78 is 5.80. The normalized spacial score (nSPS) is 18.2. The molecule has 0 saturated heterocycles. The van der Waals surface area contributed by atoms with Gasteiger partial charge in [0, 0.05) is 6.04 Å². The van der Waals surface area contributed by atoms with E-state index in [1.165, 1.54) is 37.7 Å². The molecule has 1 aromatic rings. The smallest absolute Gasteiger partial charge is 0.119 e. The summed E-state index contributed by atoms with van der Waals surface area (Å²) in [6, 6.07) is 8.69. The Morgan fingerprint density at radius 3 is 2.53 bits per heavy atom. The van der Waals surface area contributed by atoms with Gasteiger partial charge in [0.15, 0.2) is 0 Å². The lowest BCUT2D eigenvalue weighted by Crippen LogP contribution is -2.36. The van der Waals surface area contributed by atoms with E-state index in [0.29, 0.717) is 6.04 Å². The van der Waals surface area contributed by atoms with E-state index in [-0.39, 0.29) is 0 Å². The summed E-state index contributed by atoms with van der Waals surface area (Å²) in [5, 5.41) is 3.61. The fourth-order valence-electron chi connectivity index (χ4n) is 2.67. The van der Waals surface area contributed by atoms with Crippen LogP contribution in [-0.4, -0.2) is 19.2 Å². The van der Waals surface area contributed by atoms with E-state index < -0.39 is 0 Å². The van der Waals surface area contributed by atoms with Gasteiger partial charge in [0.05, 0.1) is 0 Å². The minimum absolute atomic E-state index is 0.420. The fourth-order valence-corrected chi connectivity index (χ4v) is 2.67. The fraction of sp³-hybridized carbons (Fsp3) is 0.647. The Kier molecular flexibility index (Phi) is 5.71. The standard InChI is InChI=1S/C17H27NO/c1-14-8-10-17(11-9-14)19-13-15(2)18-12-16-6-4-3-5-7-16/h8-11,15-16,18H,3-7,12-13H2,1-2H3. The molecular weight excluding hydrogens is 234 g/mol. The maximum Gasteiger partial charge on any atom is 0.119 e. The van der Waals surface area contributed by atoms with Crippen molar-refractivity contribution in [3.8, 4) is 5.75 Å². The van der Waals surface area contributed by atoms with Crippen LogP contribution in [0.15, 0.2) is 24.3 Å². The summed E-state index contributed by atoms with van der Waals surface area (Å²) in [6.45, 7) is 6.20. The van der Waals surface area contributed by atoms with Crippen molar-refractivity contribution in [2.45, 2.75) is 52.0 Å². The molecule has 0 radical (unpaired) electrons. The summed E-state index contributed by atoms with van der Waals surface area (Å²) >= 11 is 0. The Labute approximate surface area is 117 Å². The molecule has 1 unspecified atom stereocenters. The second-order valence-electron chi connectivity index (χ2n) is 5.94. The lowest BCUT2D eigenvalue weighted by Gasteiger charge is -2.24. The molecule has 0 aliphatic heterocycles. The molecule has 0 spiro atoms. The van der Waals surface area contributed by atoms with Gasteiger partial charge in [-0.15, -0.1) is 0 Å². The van der Waals surface area contributed by atoms with E-state index in [1.54, 1.807) is 0 Å². The first kappa shape index (κ1) is 14.4. The van der Waals surface area contributed by atoms with Crippen molar-refractivity contribution in [1.29, 1.82) is 0 Å². The Hall–Kier alpha value is -1.02. The van der Waals surface area contributed by atoms with Crippen LogP contribution in [0.25, 0.3) is 0 Å². The maximum atomic E-state index is 5.80. The molecule has 1 atom stereocenters. The molecule has 0 amide bonds. The Morgan fingerprint density at radius 2 is 1.84 bits per heavy atom. The van der Waals surface area contributed by atoms with Crippen molar-refractivity contribution in [2.24, 2.45) is 5.92 Å². The molecular formula is C17H27NO. The number of aryl methyl sites for hydroxylation is 1. The molecule has 1 N–H and O–H groups in total. The average molecular weight is 261 g/mol. The number of nitrogens with one attached hydrogen (secondary N) is 1. The molecule has 2 rings (SSSR count). The van der Waals surface area contributed by atoms with Crippen LogP contribution in [0.5, 0.6) is 5.75 Å². The predicted molar refractivity (Wildman–Crippen MR) is 80.7 cm³/mol. The van der Waals surface area contributed by atoms with E-state index in [4.69, 9.17) is 4.74 Å². The van der Waals surface area contributed by atoms with Gasteiger partial charge >= 0.3 is 0 Å². The number of benzene rings is 1. The highest BCUT2D eigenvalue weighted by molar-refractivity contribution is 5.26. The van der Waals surface area contributed by atoms with Gasteiger partial charge in [0.25, 0.3) is 0 Å². The van der Waals surface area contributed by atoms with Gasteiger partial charge in [-0.2, -0.15) is 0 Å². The van der Waals surface area contributed by atoms with Gasteiger partial charge in [-0.05, 0) is 51.3 Å². The molecule has 1 saturated carbocycles. The van der Waals surface area contributed by atoms with Crippen LogP contribution < -0.4 is 10.1 Å². The molecule has 2 heteroatoms. The lowest BCUT2D eigenvalue weighted by molar-refractivity contribution is 0.256. The van der Waals surface area contributed by atoms with Crippen molar-refractivity contribution in [3.63, 3.8) is 0 Å². The monoisotopic (exact) mass is 261 g/mol. The number of rotatable bonds is 6. The Balaban J connectivity index is 1.63. The first-order chi connectivity index (χ1) is 9.24. The molecule has 2 nitrogen and oxygen atoms in total. The average Bonchev–Trinajstić information content (AvgIpc) is 2.45. The van der Waals surface area contributed by atoms with E-state index >= 15 is 0 Å². The van der Waals surface area contributed by atoms with Crippen LogP contribution in [0, 0.1) is 12.8 Å². The Bertz CT molecular complexity index is 354. The van der Waals surface area contributed by atoms with E-state index in [2.05, 4.69) is 31.3 Å². The topological polar surface area (TPSA) is 21.3 Å². The van der Waals surface area contributed by atoms with E-state index in [1.807, 2.05) is 12.1 Å². The minimum atomic E-state index is 0.420. The van der Waals surface area contributed by atoms with Gasteiger partial charge in [0.2, 0.25) is 0 Å². The van der Waals surface area contributed by atoms with Crippen molar-refractivity contribution < 1.29 is 4.74 Å². The van der Waals surface area contributed by atoms with Crippen molar-refractivity contribution in [1.82, 2.24) is 5.32 Å². The van der Waals surface area contributed by atoms with Crippen LogP contribution in [0.3, 0.4) is 0 Å². The second kappa shape index (κ2) is 7.54. The molecule has 1 aliphatic carbocycles. The van der Waals surface area contributed by atoms with Gasteiger partial charge in [-0.25, -0.2) is 0 Å². The highest BCUT2D eigenvalue weighted by atomic mass is 16.5. The SMILES string of the molecule is Cc1ccc(OCC(C)NCC2CCCCC2)cc1. The zero-order chi connectivity index (χ0) is 13.5. The summed E-state index contributed by atoms with van der Waals surface area (Å²) in [5.41, 5.74) is 1.27. The van der Waals surface area contributed by atoms with Gasteiger partial charge in [-0.3, -0.25) is 0 Å². The number of hydrogen-bond donors (Lipinski definition) is 1. The molecule has 0 bridgehead atoms. The molecule has 1 aromatic carbocycles. The number of hydrogen-bond acceptors (Lipinski definition) is 2. The Morgan fingerprint density at radius 1 is 1.16 bits per heavy atom. The van der Waals surface area contributed by atoms with Gasteiger partial charge in [0.1, 0.15) is 12.4 Å². The van der Waals surface area contributed by atoms with E-state index in [0.717, 1.165) is 24.8 Å². The molecule has 19 heavy (non-hydrogen) atoms. The van der Waals surface area contributed by atoms with Crippen molar-refractivity contribution >= 4 is 0 Å². The van der Waals surface area contributed by atoms with Gasteiger partial charge in [-0.1, -0.05) is 37.0 Å². The van der Waals surface area contributed by atoms with Crippen LogP contribution in [-0.2, 0) is 0 Å². The zero-order valence-electron chi connectivity index (χ0n) is 12.3. The number of ether oxygens (including phenoxy) is 1. The quantitative estimate of drug-likeness (QED) is 0.837. The zero-order valence-corrected chi connectivity index (χ0v) is 12.3. The highest BCUT2D eigenvalue weighted by Gasteiger charge is 2.14. The first-order valence-electron chi connectivity index (χ1n) is 7.67. The predicted octanol–water partition coefficient (Wildman–Crippen LogP) is 3.93. The van der Waals surface area contributed by atoms with Crippen LogP contribution in [0.4, 0.5) is 0 Å². The third kappa shape index (κ3) is 5.23. The maximum absolute atomic E-state index is 5.80. The summed E-state index contributed by atoms with van der Waals surface area (Å²) in [6.07, 6.45) is 7.07. The lowest BCUT2D eigenvalue weighted by atomic mass is 9.89. The summed E-state index contributed by atoms with van der Waals surface area (Å²) in [5.74, 6) is 1.85. The molecule has 1 fully saturated rings. The molecule has 0 heterocycles. The van der Waals surface area contributed by atoms with Crippen LogP contribution in [0.1, 0.15) is 44.6 Å². The third-order valence-corrected chi connectivity index (χ3v) is 4.00. The summed E-state index contributed by atoms with van der Waals surface area (Å²) in [4.78, 5) is 0. The largest absolute Gasteiger partial charge is 0.492 e. The van der Waals surface area contributed by atoms with Crippen LogP contribution in [0.2, 0.25) is 0 Å². The molecule has 0 aromatic heterocycles. The first-order valence-corrected chi connectivity index (χ1v) is 7.67. The van der Waals surface area contributed by atoms with Crippen molar-refractivity contribution in [2.75, 3.05) is 13.2 Å². The molecule has 106 valence electrons. The minimum Gasteiger partial charge on any atom is -0.492 e. The third-order valence-electron chi connectivity index (χ3n) is 4.00.